The number of ether oxygens (including phenoxy) is 1. The second-order valence-corrected chi connectivity index (χ2v) is 9.57. The third-order valence-corrected chi connectivity index (χ3v) is 6.43. The molecule has 180 valence electrons. The Kier molecular flexibility index (Phi) is 10.0. The van der Waals surface area contributed by atoms with Gasteiger partial charge < -0.3 is 10.1 Å². The van der Waals surface area contributed by atoms with Gasteiger partial charge in [0.15, 0.2) is 6.10 Å². The Morgan fingerprint density at radius 3 is 2.32 bits per heavy atom. The van der Waals surface area contributed by atoms with Crippen molar-refractivity contribution in [2.45, 2.75) is 73.3 Å². The molecule has 0 bridgehead atoms. The van der Waals surface area contributed by atoms with Gasteiger partial charge in [0.25, 0.3) is 0 Å². The highest BCUT2D eigenvalue weighted by molar-refractivity contribution is 7.48. The quantitative estimate of drug-likeness (QED) is 0.223. The summed E-state index contributed by atoms with van der Waals surface area (Å²) in [5.41, 5.74) is -1.94. The summed E-state index contributed by atoms with van der Waals surface area (Å²) in [5, 5.41) is 2.59. The first-order chi connectivity index (χ1) is 14.5. The molecule has 0 radical (unpaired) electrons. The third kappa shape index (κ3) is 7.20. The molecular weight excluding hydrogens is 429 g/mol. The van der Waals surface area contributed by atoms with Gasteiger partial charge in [-0.05, 0) is 19.8 Å². The van der Waals surface area contributed by atoms with Gasteiger partial charge in [0, 0.05) is 26.2 Å². The van der Waals surface area contributed by atoms with Gasteiger partial charge in [-0.15, -0.1) is 0 Å². The van der Waals surface area contributed by atoms with Crippen LogP contribution in [0, 0.1) is 10.8 Å². The van der Waals surface area contributed by atoms with Crippen LogP contribution in [0.3, 0.4) is 0 Å². The lowest BCUT2D eigenvalue weighted by Gasteiger charge is -2.39. The van der Waals surface area contributed by atoms with Crippen molar-refractivity contribution in [3.8, 4) is 0 Å². The van der Waals surface area contributed by atoms with Gasteiger partial charge in [-0.25, -0.2) is 9.09 Å². The zero-order chi connectivity index (χ0) is 23.9. The van der Waals surface area contributed by atoms with Crippen LogP contribution < -0.4 is 5.32 Å². The fraction of sp³-hybridized carbons (Fsp3) is 0.800. The molecule has 1 saturated carbocycles. The van der Waals surface area contributed by atoms with Crippen LogP contribution in [0.4, 0.5) is 0 Å². The Hall–Kier alpha value is -1.61. The Morgan fingerprint density at radius 2 is 1.81 bits per heavy atom. The number of phosphoric ester groups is 1. The number of ketones is 2. The minimum atomic E-state index is -4.16. The molecular formula is C20H36NO9P. The van der Waals surface area contributed by atoms with Gasteiger partial charge in [-0.1, -0.05) is 34.6 Å². The standard InChI is InChI=1S/C18H28NO9P.C2H6.H2/c1-5-13(21)6-9-19-15(22)14-17(3,4)10-26-29(24,28-14)27-11-25-16(23)18(7-8-18)12(2)20;1-2;/h14H,5-11H2,1-4H3,(H,19,22);1-2H3;1H/t14-,29?;;/m0../s1. The van der Waals surface area contributed by atoms with Gasteiger partial charge in [0.1, 0.15) is 17.0 Å². The van der Waals surface area contributed by atoms with Crippen molar-refractivity contribution in [3.05, 3.63) is 0 Å². The summed E-state index contributed by atoms with van der Waals surface area (Å²) in [6.45, 7) is 9.74. The molecule has 31 heavy (non-hydrogen) atoms. The summed E-state index contributed by atoms with van der Waals surface area (Å²) in [5.74, 6) is -1.58. The number of hydrogen-bond donors (Lipinski definition) is 1. The number of amides is 1. The van der Waals surface area contributed by atoms with Gasteiger partial charge in [0.2, 0.25) is 12.7 Å². The molecule has 1 amide bonds. The Balaban J connectivity index is 0.00000311. The van der Waals surface area contributed by atoms with Crippen LogP contribution in [0.5, 0.6) is 0 Å². The highest BCUT2D eigenvalue weighted by Crippen LogP contribution is 2.57. The van der Waals surface area contributed by atoms with E-state index in [1.54, 1.807) is 20.8 Å². The molecule has 0 aromatic rings. The molecule has 2 atom stereocenters. The molecule has 0 spiro atoms. The fourth-order valence-electron chi connectivity index (χ4n) is 2.80. The van der Waals surface area contributed by atoms with E-state index in [0.29, 0.717) is 19.3 Å². The van der Waals surface area contributed by atoms with Gasteiger partial charge in [-0.3, -0.25) is 28.2 Å². The van der Waals surface area contributed by atoms with Crippen molar-refractivity contribution in [2.75, 3.05) is 19.9 Å². The summed E-state index contributed by atoms with van der Waals surface area (Å²) >= 11 is 0. The van der Waals surface area contributed by atoms with Crippen molar-refractivity contribution in [3.63, 3.8) is 0 Å². The number of rotatable bonds is 10. The van der Waals surface area contributed by atoms with Crippen LogP contribution in [0.1, 0.15) is 68.7 Å². The van der Waals surface area contributed by atoms with Gasteiger partial charge in [-0.2, -0.15) is 0 Å². The maximum Gasteiger partial charge on any atom is 0.478 e. The van der Waals surface area contributed by atoms with Crippen LogP contribution >= 0.6 is 7.82 Å². The van der Waals surface area contributed by atoms with E-state index in [0.717, 1.165) is 0 Å². The van der Waals surface area contributed by atoms with Gasteiger partial charge >= 0.3 is 13.8 Å². The van der Waals surface area contributed by atoms with Gasteiger partial charge in [0.05, 0.1) is 6.61 Å². The van der Waals surface area contributed by atoms with Crippen molar-refractivity contribution in [1.82, 2.24) is 5.32 Å². The lowest BCUT2D eigenvalue weighted by atomic mass is 9.87. The fourth-order valence-corrected chi connectivity index (χ4v) is 4.30. The molecule has 1 heterocycles. The zero-order valence-corrected chi connectivity index (χ0v) is 20.0. The first kappa shape index (κ1) is 27.4. The van der Waals surface area contributed by atoms with Crippen molar-refractivity contribution < 1.29 is 43.5 Å². The molecule has 1 saturated heterocycles. The molecule has 2 rings (SSSR count). The molecule has 11 heteroatoms. The predicted molar refractivity (Wildman–Crippen MR) is 113 cm³/mol. The zero-order valence-electron chi connectivity index (χ0n) is 19.1. The van der Waals surface area contributed by atoms with Crippen LogP contribution in [0.15, 0.2) is 0 Å². The Morgan fingerprint density at radius 1 is 1.19 bits per heavy atom. The SMILES string of the molecule is CC.CCC(=O)CCNC(=O)[C@@H]1OP(=O)(OCOC(=O)C2(C(C)=O)CC2)OCC1(C)C.[HH]. The lowest BCUT2D eigenvalue weighted by molar-refractivity contribution is -0.163. The molecule has 1 aliphatic carbocycles. The number of esters is 1. The number of carbonyl (C=O) groups excluding carboxylic acids is 4. The second-order valence-electron chi connectivity index (χ2n) is 7.94. The molecule has 0 aromatic carbocycles. The van der Waals surface area contributed by atoms with E-state index in [1.165, 1.54) is 6.92 Å². The molecule has 0 aromatic heterocycles. The Bertz CT molecular complexity index is 737. The highest BCUT2D eigenvalue weighted by Gasteiger charge is 2.56. The molecule has 1 N–H and O–H groups in total. The summed E-state index contributed by atoms with van der Waals surface area (Å²) < 4.78 is 33.1. The van der Waals surface area contributed by atoms with E-state index in [-0.39, 0.29) is 32.6 Å². The number of carbonyl (C=O) groups is 4. The molecule has 1 unspecified atom stereocenters. The van der Waals surface area contributed by atoms with E-state index >= 15 is 0 Å². The number of nitrogens with one attached hydrogen (secondary N) is 1. The average Bonchev–Trinajstić information content (AvgIpc) is 3.53. The highest BCUT2D eigenvalue weighted by atomic mass is 31.2. The minimum absolute atomic E-state index is 0. The minimum Gasteiger partial charge on any atom is -0.437 e. The van der Waals surface area contributed by atoms with Crippen LogP contribution in [0.25, 0.3) is 0 Å². The second kappa shape index (κ2) is 11.3. The maximum absolute atomic E-state index is 12.7. The van der Waals surface area contributed by atoms with E-state index < -0.39 is 43.4 Å². The van der Waals surface area contributed by atoms with Crippen LogP contribution in [-0.2, 0) is 42.1 Å². The largest absolute Gasteiger partial charge is 0.478 e. The summed E-state index contributed by atoms with van der Waals surface area (Å²) in [4.78, 5) is 47.4. The number of Topliss-reactive ketones (excluding diaryl/α,β-unsaturated/α-hetero) is 2. The van der Waals surface area contributed by atoms with Crippen molar-refractivity contribution in [2.24, 2.45) is 10.8 Å². The monoisotopic (exact) mass is 465 g/mol. The normalized spacial score (nSPS) is 25.4. The predicted octanol–water partition coefficient (Wildman–Crippen LogP) is 3.18. The van der Waals surface area contributed by atoms with E-state index in [9.17, 15) is 23.7 Å². The average molecular weight is 465 g/mol. The third-order valence-electron chi connectivity index (χ3n) is 5.09. The molecule has 2 aliphatic rings. The van der Waals surface area contributed by atoms with E-state index in [2.05, 4.69) is 5.32 Å². The number of hydrogen-bond acceptors (Lipinski definition) is 9. The summed E-state index contributed by atoms with van der Waals surface area (Å²) in [6.07, 6.45) is 0.225. The molecule has 2 fully saturated rings. The summed E-state index contributed by atoms with van der Waals surface area (Å²) in [7, 11) is -4.16. The van der Waals surface area contributed by atoms with Crippen LogP contribution in [-0.4, -0.2) is 49.5 Å². The smallest absolute Gasteiger partial charge is 0.437 e. The Labute approximate surface area is 184 Å². The van der Waals surface area contributed by atoms with E-state index in [1.807, 2.05) is 13.8 Å². The van der Waals surface area contributed by atoms with E-state index in [4.69, 9.17) is 18.3 Å². The first-order valence-electron chi connectivity index (χ1n) is 10.5. The van der Waals surface area contributed by atoms with Crippen molar-refractivity contribution >= 4 is 31.3 Å². The molecule has 1 aliphatic heterocycles. The topological polar surface area (TPSA) is 134 Å². The maximum atomic E-state index is 12.7. The summed E-state index contributed by atoms with van der Waals surface area (Å²) in [6, 6.07) is 0. The van der Waals surface area contributed by atoms with Crippen LogP contribution in [0.2, 0.25) is 0 Å². The lowest BCUT2D eigenvalue weighted by Crippen LogP contribution is -2.50. The van der Waals surface area contributed by atoms with Crippen molar-refractivity contribution in [1.29, 1.82) is 0 Å². The number of phosphoric acid groups is 1. The first-order valence-corrected chi connectivity index (χ1v) is 12.0. The molecule has 10 nitrogen and oxygen atoms in total.